The summed E-state index contributed by atoms with van der Waals surface area (Å²) in [7, 11) is 1.97. The summed E-state index contributed by atoms with van der Waals surface area (Å²) in [6, 6.07) is 1.11. The van der Waals surface area contributed by atoms with Crippen molar-refractivity contribution >= 4 is 17.3 Å². The highest BCUT2D eigenvalue weighted by atomic mass is 32.1. The van der Waals surface area contributed by atoms with Crippen molar-refractivity contribution in [1.82, 2.24) is 9.80 Å². The Morgan fingerprint density at radius 1 is 1.13 bits per heavy atom. The van der Waals surface area contributed by atoms with Crippen LogP contribution in [0.3, 0.4) is 0 Å². The molecule has 4 heteroatoms. The van der Waals surface area contributed by atoms with E-state index in [4.69, 9.17) is 5.11 Å². The molecule has 0 unspecified atom stereocenters. The third kappa shape index (κ3) is 6.82. The molecule has 0 saturated carbocycles. The molecule has 3 nitrogen and oxygen atoms in total. The predicted molar refractivity (Wildman–Crippen MR) is 69.7 cm³/mol. The number of rotatable bonds is 7. The average molecular weight is 232 g/mol. The van der Waals surface area contributed by atoms with Gasteiger partial charge >= 0.3 is 0 Å². The molecule has 15 heavy (non-hydrogen) atoms. The lowest BCUT2D eigenvalue weighted by Gasteiger charge is -2.32. The van der Waals surface area contributed by atoms with Crippen molar-refractivity contribution in [1.29, 1.82) is 0 Å². The zero-order valence-electron chi connectivity index (χ0n) is 10.5. The molecular weight excluding hydrogens is 208 g/mol. The molecule has 0 radical (unpaired) electrons. The van der Waals surface area contributed by atoms with Gasteiger partial charge in [-0.1, -0.05) is 0 Å². The highest BCUT2D eigenvalue weighted by Gasteiger charge is 2.13. The minimum absolute atomic E-state index is 0.0677. The van der Waals surface area contributed by atoms with Crippen LogP contribution in [-0.4, -0.2) is 58.7 Å². The maximum atomic E-state index is 8.98. The lowest BCUT2D eigenvalue weighted by atomic mass is 10.2. The number of aliphatic hydroxyl groups excluding tert-OH is 1. The van der Waals surface area contributed by atoms with Gasteiger partial charge in [0.2, 0.25) is 0 Å². The van der Waals surface area contributed by atoms with Crippen molar-refractivity contribution in [2.24, 2.45) is 0 Å². The summed E-state index contributed by atoms with van der Waals surface area (Å²) in [6.07, 6.45) is 0. The molecule has 0 heterocycles. The Bertz CT molecular complexity index is 187. The Morgan fingerprint density at radius 3 is 1.93 bits per heavy atom. The summed E-state index contributed by atoms with van der Waals surface area (Å²) in [4.78, 5) is 4.47. The molecule has 0 spiro atoms. The summed E-state index contributed by atoms with van der Waals surface area (Å²) in [5.41, 5.74) is 0. The molecule has 0 aliphatic carbocycles. The molecule has 0 atom stereocenters. The van der Waals surface area contributed by atoms with Gasteiger partial charge in [0.15, 0.2) is 5.05 Å². The van der Waals surface area contributed by atoms with Crippen molar-refractivity contribution in [3.8, 4) is 0 Å². The highest BCUT2D eigenvalue weighted by molar-refractivity contribution is 7.80. The first kappa shape index (κ1) is 14.8. The number of hydrogen-bond acceptors (Lipinski definition) is 3. The molecule has 0 aromatic rings. The van der Waals surface area contributed by atoms with Gasteiger partial charge in [-0.3, -0.25) is 9.80 Å². The third-order valence-corrected chi connectivity index (χ3v) is 2.60. The van der Waals surface area contributed by atoms with Crippen LogP contribution < -0.4 is 0 Å². The zero-order valence-corrected chi connectivity index (χ0v) is 11.3. The first-order valence-electron chi connectivity index (χ1n) is 5.50. The second-order valence-electron chi connectivity index (χ2n) is 4.56. The van der Waals surface area contributed by atoms with E-state index in [0.717, 1.165) is 13.1 Å². The van der Waals surface area contributed by atoms with Crippen molar-refractivity contribution in [3.05, 3.63) is 0 Å². The van der Waals surface area contributed by atoms with Gasteiger partial charge in [0.25, 0.3) is 0 Å². The average Bonchev–Trinajstić information content (AvgIpc) is 2.00. The van der Waals surface area contributed by atoms with Crippen LogP contribution >= 0.6 is 12.2 Å². The lowest BCUT2D eigenvalue weighted by molar-refractivity contribution is 0.156. The molecule has 0 amide bonds. The van der Waals surface area contributed by atoms with Gasteiger partial charge < -0.3 is 5.11 Å². The fourth-order valence-electron chi connectivity index (χ4n) is 1.71. The molecule has 0 aromatic heterocycles. The number of aliphatic hydroxyl groups is 1. The van der Waals surface area contributed by atoms with E-state index in [1.807, 2.05) is 11.9 Å². The fourth-order valence-corrected chi connectivity index (χ4v) is 1.93. The Balaban J connectivity index is 3.94. The minimum atomic E-state index is 0.0677. The van der Waals surface area contributed by atoms with E-state index in [1.54, 1.807) is 0 Å². The van der Waals surface area contributed by atoms with Crippen LogP contribution in [0.2, 0.25) is 0 Å². The van der Waals surface area contributed by atoms with Crippen molar-refractivity contribution in [3.63, 3.8) is 0 Å². The summed E-state index contributed by atoms with van der Waals surface area (Å²) < 4.78 is 0. The molecule has 0 saturated heterocycles. The highest BCUT2D eigenvalue weighted by Crippen LogP contribution is 2.04. The molecule has 0 aromatic carbocycles. The van der Waals surface area contributed by atoms with Crippen LogP contribution in [0.5, 0.6) is 0 Å². The molecule has 0 fully saturated rings. The molecule has 0 aliphatic rings. The Morgan fingerprint density at radius 2 is 1.60 bits per heavy atom. The maximum absolute atomic E-state index is 8.98. The monoisotopic (exact) mass is 232 g/mol. The predicted octanol–water partition coefficient (Wildman–Crippen LogP) is 1.92. The maximum Gasteiger partial charge on any atom is 0.170 e. The third-order valence-electron chi connectivity index (χ3n) is 2.47. The molecule has 90 valence electrons. The topological polar surface area (TPSA) is 26.7 Å². The smallest absolute Gasteiger partial charge is 0.170 e. The number of hydrogen-bond donors (Lipinski definition) is 1. The van der Waals surface area contributed by atoms with E-state index < -0.39 is 0 Å². The van der Waals surface area contributed by atoms with Gasteiger partial charge in [-0.2, -0.15) is 0 Å². The van der Waals surface area contributed by atoms with Gasteiger partial charge in [0, 0.05) is 25.2 Å². The van der Waals surface area contributed by atoms with E-state index in [1.165, 1.54) is 0 Å². The first-order valence-corrected chi connectivity index (χ1v) is 5.91. The quantitative estimate of drug-likeness (QED) is 0.679. The summed E-state index contributed by atoms with van der Waals surface area (Å²) in [5, 5.41) is 9.05. The van der Waals surface area contributed by atoms with Crippen LogP contribution in [0.25, 0.3) is 0 Å². The van der Waals surface area contributed by atoms with E-state index in [2.05, 4.69) is 44.8 Å². The van der Waals surface area contributed by atoms with E-state index in [-0.39, 0.29) is 5.05 Å². The van der Waals surface area contributed by atoms with Gasteiger partial charge in [-0.05, 0) is 47.0 Å². The first-order chi connectivity index (χ1) is 6.84. The standard InChI is InChI=1S/C11H24N2OS/c1-9(2)13(10(3)4)7-6-12(5)8-11(14)15/h9-10H,6-8H2,1-5H3,(H,14,15). The minimum Gasteiger partial charge on any atom is -0.501 e. The largest absolute Gasteiger partial charge is 0.501 e. The van der Waals surface area contributed by atoms with Crippen molar-refractivity contribution in [2.45, 2.75) is 39.8 Å². The summed E-state index contributed by atoms with van der Waals surface area (Å²) >= 11 is 4.66. The number of likely N-dealkylation sites (N-methyl/N-ethyl adjacent to an activating group) is 1. The second-order valence-corrected chi connectivity index (χ2v) is 5.03. The molecule has 0 rings (SSSR count). The summed E-state index contributed by atoms with van der Waals surface area (Å²) in [5.74, 6) is 0. The van der Waals surface area contributed by atoms with Gasteiger partial charge in [0.1, 0.15) is 0 Å². The fraction of sp³-hybridized carbons (Fsp3) is 0.909. The Labute approximate surface area is 99.1 Å². The summed E-state index contributed by atoms with van der Waals surface area (Å²) in [6.45, 7) is 11.2. The van der Waals surface area contributed by atoms with E-state index in [0.29, 0.717) is 18.6 Å². The van der Waals surface area contributed by atoms with Crippen molar-refractivity contribution in [2.75, 3.05) is 26.7 Å². The van der Waals surface area contributed by atoms with Crippen LogP contribution in [0.15, 0.2) is 0 Å². The van der Waals surface area contributed by atoms with Crippen LogP contribution in [0.4, 0.5) is 0 Å². The molecular formula is C11H24N2OS. The SMILES string of the molecule is CC(C)N(CCN(C)CC(O)=S)C(C)C. The zero-order chi connectivity index (χ0) is 12.0. The van der Waals surface area contributed by atoms with Gasteiger partial charge in [0.05, 0.1) is 6.54 Å². The normalized spacial score (nSPS) is 12.1. The second kappa shape index (κ2) is 7.14. The number of thiocarbonyl (C=S) groups is 1. The van der Waals surface area contributed by atoms with E-state index >= 15 is 0 Å². The van der Waals surface area contributed by atoms with Crippen molar-refractivity contribution < 1.29 is 5.11 Å². The molecule has 0 aliphatic heterocycles. The molecule has 1 N–H and O–H groups in total. The van der Waals surface area contributed by atoms with Crippen LogP contribution in [0, 0.1) is 0 Å². The van der Waals surface area contributed by atoms with Gasteiger partial charge in [-0.25, -0.2) is 0 Å². The Hall–Kier alpha value is -0.190. The Kier molecular flexibility index (Phi) is 7.05. The molecule has 0 bridgehead atoms. The van der Waals surface area contributed by atoms with Crippen LogP contribution in [-0.2, 0) is 0 Å². The van der Waals surface area contributed by atoms with E-state index in [9.17, 15) is 0 Å². The van der Waals surface area contributed by atoms with Crippen LogP contribution in [0.1, 0.15) is 27.7 Å². The van der Waals surface area contributed by atoms with Gasteiger partial charge in [-0.15, -0.1) is 0 Å². The lowest BCUT2D eigenvalue weighted by Crippen LogP contribution is -2.42. The number of nitrogens with zero attached hydrogens (tertiary/aromatic N) is 2.